The fourth-order valence-corrected chi connectivity index (χ4v) is 2.92. The quantitative estimate of drug-likeness (QED) is 0.219. The molecule has 0 aliphatic rings. The monoisotopic (exact) mass is 348 g/mol. The van der Waals surface area contributed by atoms with Gasteiger partial charge in [-0.25, -0.2) is 0 Å². The first kappa shape index (κ1) is 25.1. The van der Waals surface area contributed by atoms with Crippen LogP contribution in [-0.2, 0) is 19.6 Å². The summed E-state index contributed by atoms with van der Waals surface area (Å²) in [5, 5.41) is 0. The molecule has 7 heteroatoms. The van der Waals surface area contributed by atoms with E-state index in [1.807, 2.05) is 0 Å². The zero-order valence-electron chi connectivity index (χ0n) is 15.8. The summed E-state index contributed by atoms with van der Waals surface area (Å²) in [7, 11) is -4.13. The summed E-state index contributed by atoms with van der Waals surface area (Å²) in [4.78, 5) is 0. The van der Waals surface area contributed by atoms with Crippen LogP contribution < -0.4 is 29.6 Å². The molecule has 22 heavy (non-hydrogen) atoms. The van der Waals surface area contributed by atoms with Gasteiger partial charge >= 0.3 is 29.6 Å². The molecule has 0 fully saturated rings. The van der Waals surface area contributed by atoms with Crippen molar-refractivity contribution in [2.24, 2.45) is 0 Å². The fraction of sp³-hybridized carbons (Fsp3) is 1.00. The van der Waals surface area contributed by atoms with Crippen molar-refractivity contribution < 1.29 is 53.4 Å². The summed E-state index contributed by atoms with van der Waals surface area (Å²) in [6, 6.07) is 0. The third-order valence-electron chi connectivity index (χ3n) is 3.26. The zero-order valence-corrected chi connectivity index (χ0v) is 17.6. The molecule has 0 aromatic rings. The largest absolute Gasteiger partial charge is 1.00 e. The molecule has 0 aromatic heterocycles. The van der Waals surface area contributed by atoms with E-state index < -0.39 is 21.7 Å². The molecule has 0 aliphatic heterocycles. The normalized spacial score (nSPS) is 12.2. The van der Waals surface area contributed by atoms with Crippen molar-refractivity contribution in [2.75, 3.05) is 19.0 Å². The van der Waals surface area contributed by atoms with Crippen molar-refractivity contribution in [1.29, 1.82) is 0 Å². The van der Waals surface area contributed by atoms with Gasteiger partial charge in [0.1, 0.15) is 5.75 Å². The maximum absolute atomic E-state index is 11.1. The van der Waals surface area contributed by atoms with E-state index in [9.17, 15) is 8.42 Å². The van der Waals surface area contributed by atoms with Crippen LogP contribution in [0.4, 0.5) is 0 Å². The third-order valence-corrected chi connectivity index (χ3v) is 4.14. The van der Waals surface area contributed by atoms with Gasteiger partial charge in [-0.3, -0.25) is 4.55 Å². The topological polar surface area (TPSA) is 72.8 Å². The molecular weight excluding hydrogens is 315 g/mol. The Kier molecular flexibility index (Phi) is 16.2. The number of ether oxygens (including phenoxy) is 2. The third kappa shape index (κ3) is 15.7. The summed E-state index contributed by atoms with van der Waals surface area (Å²) < 4.78 is 42.5. The average molecular weight is 348 g/mol. The van der Waals surface area contributed by atoms with Gasteiger partial charge in [0.25, 0.3) is 10.1 Å². The number of hydrogen-bond acceptors (Lipinski definition) is 4. The predicted molar refractivity (Wildman–Crippen MR) is 86.1 cm³/mol. The van der Waals surface area contributed by atoms with Crippen LogP contribution >= 0.6 is 0 Å². The Hall–Kier alpha value is 0.830. The molecule has 0 saturated carbocycles. The van der Waals surface area contributed by atoms with Crippen molar-refractivity contribution in [3.05, 3.63) is 0 Å². The number of rotatable bonds is 14. The SMILES string of the molecule is CCCCCCOC(C)(CS(=O)(=O)O)OCCCCCC.[H-].[Na+]. The smallest absolute Gasteiger partial charge is 1.00 e. The molecule has 0 aromatic carbocycles. The number of unbranched alkanes of at least 4 members (excludes halogenated alkanes) is 6. The molecule has 130 valence electrons. The number of hydrogen-bond donors (Lipinski definition) is 1. The molecule has 0 spiro atoms. The van der Waals surface area contributed by atoms with Gasteiger partial charge in [-0.1, -0.05) is 52.4 Å². The molecule has 0 rings (SSSR count). The minimum absolute atomic E-state index is 0. The van der Waals surface area contributed by atoms with E-state index in [-0.39, 0.29) is 31.0 Å². The van der Waals surface area contributed by atoms with Gasteiger partial charge in [0.05, 0.1) is 13.2 Å². The first-order valence-electron chi connectivity index (χ1n) is 8.06. The minimum atomic E-state index is -4.13. The summed E-state index contributed by atoms with van der Waals surface area (Å²) in [5.74, 6) is -1.78. The molecular formula is C15H33NaO5S. The van der Waals surface area contributed by atoms with E-state index in [4.69, 9.17) is 14.0 Å². The van der Waals surface area contributed by atoms with Gasteiger partial charge in [-0.2, -0.15) is 8.42 Å². The molecule has 0 unspecified atom stereocenters. The standard InChI is InChI=1S/C15H32O5S.Na.H/c1-4-6-8-10-12-19-15(3,14-21(16,17)18)20-13-11-9-7-5-2;;/h4-14H2,1-3H3,(H,16,17,18);;/q;+1;-1. The van der Waals surface area contributed by atoms with Crippen LogP contribution in [0.15, 0.2) is 0 Å². The van der Waals surface area contributed by atoms with Crippen molar-refractivity contribution in [1.82, 2.24) is 0 Å². The van der Waals surface area contributed by atoms with Crippen LogP contribution in [0.25, 0.3) is 0 Å². The van der Waals surface area contributed by atoms with Crippen LogP contribution in [0.1, 0.15) is 73.6 Å². The molecule has 1 N–H and O–H groups in total. The maximum atomic E-state index is 11.1. The Morgan fingerprint density at radius 2 is 1.32 bits per heavy atom. The van der Waals surface area contributed by atoms with Gasteiger partial charge in [-0.15, -0.1) is 0 Å². The van der Waals surface area contributed by atoms with Crippen LogP contribution in [0.3, 0.4) is 0 Å². The Balaban J connectivity index is -0.00000200. The fourth-order valence-electron chi connectivity index (χ4n) is 2.09. The average Bonchev–Trinajstić information content (AvgIpc) is 2.36. The van der Waals surface area contributed by atoms with Crippen molar-refractivity contribution in [3.8, 4) is 0 Å². The summed E-state index contributed by atoms with van der Waals surface area (Å²) in [5.41, 5.74) is 0. The Bertz CT molecular complexity index is 338. The van der Waals surface area contributed by atoms with Crippen LogP contribution in [0.2, 0.25) is 0 Å². The second kappa shape index (κ2) is 14.2. The molecule has 0 saturated heterocycles. The van der Waals surface area contributed by atoms with Crippen molar-refractivity contribution >= 4 is 10.1 Å². The Morgan fingerprint density at radius 3 is 1.64 bits per heavy atom. The second-order valence-electron chi connectivity index (χ2n) is 5.68. The molecule has 5 nitrogen and oxygen atoms in total. The van der Waals surface area contributed by atoms with Crippen molar-refractivity contribution in [3.63, 3.8) is 0 Å². The van der Waals surface area contributed by atoms with Crippen LogP contribution in [-0.4, -0.2) is 37.7 Å². The molecule has 0 radical (unpaired) electrons. The maximum Gasteiger partial charge on any atom is 1.00 e. The summed E-state index contributed by atoms with van der Waals surface area (Å²) >= 11 is 0. The van der Waals surface area contributed by atoms with Gasteiger partial charge in [0.15, 0.2) is 5.79 Å². The van der Waals surface area contributed by atoms with E-state index in [2.05, 4.69) is 13.8 Å². The molecule has 0 heterocycles. The van der Waals surface area contributed by atoms with Crippen LogP contribution in [0, 0.1) is 0 Å². The van der Waals surface area contributed by atoms with Gasteiger partial charge < -0.3 is 10.9 Å². The Labute approximate surface area is 160 Å². The molecule has 0 aliphatic carbocycles. The summed E-state index contributed by atoms with van der Waals surface area (Å²) in [6.07, 6.45) is 8.38. The van der Waals surface area contributed by atoms with Gasteiger partial charge in [0.2, 0.25) is 0 Å². The van der Waals surface area contributed by atoms with E-state index >= 15 is 0 Å². The first-order chi connectivity index (χ1) is 9.83. The van der Waals surface area contributed by atoms with E-state index in [1.54, 1.807) is 6.92 Å². The Morgan fingerprint density at radius 1 is 0.909 bits per heavy atom. The van der Waals surface area contributed by atoms with Gasteiger partial charge in [-0.05, 0) is 19.8 Å². The first-order valence-corrected chi connectivity index (χ1v) is 9.67. The second-order valence-corrected chi connectivity index (χ2v) is 7.13. The van der Waals surface area contributed by atoms with E-state index in [0.29, 0.717) is 13.2 Å². The van der Waals surface area contributed by atoms with Gasteiger partial charge in [0, 0.05) is 0 Å². The minimum Gasteiger partial charge on any atom is -1.00 e. The predicted octanol–water partition coefficient (Wildman–Crippen LogP) is 0.901. The van der Waals surface area contributed by atoms with Crippen LogP contribution in [0.5, 0.6) is 0 Å². The molecule has 0 atom stereocenters. The van der Waals surface area contributed by atoms with E-state index in [0.717, 1.165) is 51.4 Å². The molecule has 0 bridgehead atoms. The molecule has 0 amide bonds. The zero-order chi connectivity index (χ0) is 16.2. The van der Waals surface area contributed by atoms with E-state index in [1.165, 1.54) is 0 Å². The van der Waals surface area contributed by atoms with Crippen molar-refractivity contribution in [2.45, 2.75) is 77.9 Å². The summed E-state index contributed by atoms with van der Waals surface area (Å²) in [6.45, 7) is 6.73.